The number of nitrogens with zero attached hydrogens (tertiary/aromatic N) is 1. The molecule has 0 atom stereocenters. The summed E-state index contributed by atoms with van der Waals surface area (Å²) in [6.45, 7) is 1.85. The molecular formula is C16H17NO3. The number of hydrogen-bond acceptors (Lipinski definition) is 4. The fraction of sp³-hybridized carbons (Fsp3) is 0.188. The van der Waals surface area contributed by atoms with Gasteiger partial charge in [-0.25, -0.2) is 0 Å². The summed E-state index contributed by atoms with van der Waals surface area (Å²) in [7, 11) is 3.21. The normalized spacial score (nSPS) is 11.2. The summed E-state index contributed by atoms with van der Waals surface area (Å²) in [5.41, 5.74) is 2.16. The molecular weight excluding hydrogens is 254 g/mol. The molecule has 104 valence electrons. The van der Waals surface area contributed by atoms with Crippen LogP contribution in [0.15, 0.2) is 47.5 Å². The number of aromatic hydroxyl groups is 1. The first-order chi connectivity index (χ1) is 9.63. The van der Waals surface area contributed by atoms with Gasteiger partial charge in [-0.15, -0.1) is 0 Å². The second-order valence-electron chi connectivity index (χ2n) is 4.28. The standard InChI is InChI=1S/C16H17NO3/c1-11(15-10-14(20-3)8-9-16(15)18)17-12-4-6-13(19-2)7-5-12/h4-10,18H,1-3H3. The van der Waals surface area contributed by atoms with Crippen molar-refractivity contribution < 1.29 is 14.6 Å². The van der Waals surface area contributed by atoms with E-state index >= 15 is 0 Å². The van der Waals surface area contributed by atoms with E-state index in [9.17, 15) is 5.11 Å². The second kappa shape index (κ2) is 6.10. The van der Waals surface area contributed by atoms with E-state index in [4.69, 9.17) is 9.47 Å². The van der Waals surface area contributed by atoms with Crippen LogP contribution in [0.3, 0.4) is 0 Å². The van der Waals surface area contributed by atoms with E-state index in [1.807, 2.05) is 31.2 Å². The molecule has 0 aliphatic rings. The summed E-state index contributed by atoms with van der Waals surface area (Å²) in [5, 5.41) is 9.90. The van der Waals surface area contributed by atoms with Crippen molar-refractivity contribution in [1.29, 1.82) is 0 Å². The number of benzene rings is 2. The van der Waals surface area contributed by atoms with E-state index in [1.54, 1.807) is 32.4 Å². The third-order valence-corrected chi connectivity index (χ3v) is 2.96. The summed E-state index contributed by atoms with van der Waals surface area (Å²) in [5.74, 6) is 1.65. The van der Waals surface area contributed by atoms with Crippen molar-refractivity contribution in [2.45, 2.75) is 6.92 Å². The Kier molecular flexibility index (Phi) is 4.25. The monoisotopic (exact) mass is 271 g/mol. The van der Waals surface area contributed by atoms with Crippen LogP contribution in [0, 0.1) is 0 Å². The first-order valence-corrected chi connectivity index (χ1v) is 6.20. The number of phenolic OH excluding ortho intramolecular Hbond substituents is 1. The fourth-order valence-corrected chi connectivity index (χ4v) is 1.84. The van der Waals surface area contributed by atoms with Crippen molar-refractivity contribution in [3.8, 4) is 17.2 Å². The maximum absolute atomic E-state index is 9.90. The minimum atomic E-state index is 0.181. The maximum Gasteiger partial charge on any atom is 0.124 e. The Labute approximate surface area is 118 Å². The number of phenols is 1. The zero-order valence-corrected chi connectivity index (χ0v) is 11.8. The molecule has 0 bridgehead atoms. The third-order valence-electron chi connectivity index (χ3n) is 2.96. The van der Waals surface area contributed by atoms with Crippen molar-refractivity contribution in [3.05, 3.63) is 48.0 Å². The molecule has 0 saturated heterocycles. The smallest absolute Gasteiger partial charge is 0.124 e. The van der Waals surface area contributed by atoms with E-state index < -0.39 is 0 Å². The predicted octanol–water partition coefficient (Wildman–Crippen LogP) is 3.55. The molecule has 4 nitrogen and oxygen atoms in total. The molecule has 0 saturated carbocycles. The number of rotatable bonds is 4. The van der Waals surface area contributed by atoms with E-state index in [-0.39, 0.29) is 5.75 Å². The van der Waals surface area contributed by atoms with Gasteiger partial charge in [0.1, 0.15) is 17.2 Å². The summed E-state index contributed by atoms with van der Waals surface area (Å²) in [6, 6.07) is 12.5. The SMILES string of the molecule is COc1ccc(N=C(C)c2cc(OC)ccc2O)cc1. The van der Waals surface area contributed by atoms with Crippen LogP contribution >= 0.6 is 0 Å². The molecule has 0 fully saturated rings. The van der Waals surface area contributed by atoms with Crippen LogP contribution in [0.5, 0.6) is 17.2 Å². The van der Waals surface area contributed by atoms with Crippen LogP contribution in [0.25, 0.3) is 0 Å². The molecule has 4 heteroatoms. The fourth-order valence-electron chi connectivity index (χ4n) is 1.84. The summed E-state index contributed by atoms with van der Waals surface area (Å²) < 4.78 is 10.3. The van der Waals surface area contributed by atoms with Crippen LogP contribution < -0.4 is 9.47 Å². The Hall–Kier alpha value is -2.49. The van der Waals surface area contributed by atoms with Gasteiger partial charge in [-0.05, 0) is 49.4 Å². The van der Waals surface area contributed by atoms with Gasteiger partial charge >= 0.3 is 0 Å². The third kappa shape index (κ3) is 3.09. The van der Waals surface area contributed by atoms with Crippen LogP contribution in [0.1, 0.15) is 12.5 Å². The Bertz CT molecular complexity index is 618. The molecule has 0 radical (unpaired) electrons. The Balaban J connectivity index is 2.33. The van der Waals surface area contributed by atoms with Gasteiger partial charge in [0.05, 0.1) is 19.9 Å². The van der Waals surface area contributed by atoms with E-state index in [1.165, 1.54) is 0 Å². The highest BCUT2D eigenvalue weighted by Crippen LogP contribution is 2.25. The molecule has 0 amide bonds. The van der Waals surface area contributed by atoms with E-state index in [2.05, 4.69) is 4.99 Å². The lowest BCUT2D eigenvalue weighted by atomic mass is 10.1. The minimum absolute atomic E-state index is 0.181. The molecule has 0 heterocycles. The van der Waals surface area contributed by atoms with Crippen LogP contribution in [-0.2, 0) is 0 Å². The van der Waals surface area contributed by atoms with Crippen LogP contribution in [0.4, 0.5) is 5.69 Å². The average Bonchev–Trinajstić information content (AvgIpc) is 2.48. The zero-order valence-electron chi connectivity index (χ0n) is 11.8. The van der Waals surface area contributed by atoms with Crippen molar-refractivity contribution in [2.24, 2.45) is 4.99 Å². The highest BCUT2D eigenvalue weighted by atomic mass is 16.5. The highest BCUT2D eigenvalue weighted by molar-refractivity contribution is 6.02. The summed E-state index contributed by atoms with van der Waals surface area (Å²) >= 11 is 0. The maximum atomic E-state index is 9.90. The Morgan fingerprint density at radius 3 is 2.15 bits per heavy atom. The molecule has 0 aromatic heterocycles. The van der Waals surface area contributed by atoms with E-state index in [0.717, 1.165) is 11.4 Å². The molecule has 1 N–H and O–H groups in total. The Morgan fingerprint density at radius 2 is 1.55 bits per heavy atom. The largest absolute Gasteiger partial charge is 0.507 e. The number of aliphatic imine (C=N–C) groups is 1. The summed E-state index contributed by atoms with van der Waals surface area (Å²) in [6.07, 6.45) is 0. The first kappa shape index (κ1) is 13.9. The predicted molar refractivity (Wildman–Crippen MR) is 79.5 cm³/mol. The van der Waals surface area contributed by atoms with Crippen molar-refractivity contribution in [1.82, 2.24) is 0 Å². The van der Waals surface area contributed by atoms with Crippen molar-refractivity contribution in [3.63, 3.8) is 0 Å². The van der Waals surface area contributed by atoms with Crippen molar-refractivity contribution in [2.75, 3.05) is 14.2 Å². The minimum Gasteiger partial charge on any atom is -0.507 e. The number of ether oxygens (including phenoxy) is 2. The number of hydrogen-bond donors (Lipinski definition) is 1. The van der Waals surface area contributed by atoms with Crippen molar-refractivity contribution >= 4 is 11.4 Å². The average molecular weight is 271 g/mol. The van der Waals surface area contributed by atoms with Gasteiger partial charge in [0.25, 0.3) is 0 Å². The lowest BCUT2D eigenvalue weighted by Crippen LogP contribution is -1.96. The van der Waals surface area contributed by atoms with Gasteiger partial charge in [-0.1, -0.05) is 0 Å². The topological polar surface area (TPSA) is 51.0 Å². The van der Waals surface area contributed by atoms with Gasteiger partial charge < -0.3 is 14.6 Å². The second-order valence-corrected chi connectivity index (χ2v) is 4.28. The van der Waals surface area contributed by atoms with Gasteiger partial charge in [0.2, 0.25) is 0 Å². The molecule has 2 aromatic carbocycles. The lowest BCUT2D eigenvalue weighted by molar-refractivity contribution is 0.412. The lowest BCUT2D eigenvalue weighted by Gasteiger charge is -2.07. The molecule has 2 rings (SSSR count). The quantitative estimate of drug-likeness (QED) is 0.865. The van der Waals surface area contributed by atoms with E-state index in [0.29, 0.717) is 17.0 Å². The first-order valence-electron chi connectivity index (χ1n) is 6.20. The van der Waals surface area contributed by atoms with Gasteiger partial charge in [-0.3, -0.25) is 4.99 Å². The van der Waals surface area contributed by atoms with Gasteiger partial charge in [-0.2, -0.15) is 0 Å². The molecule has 0 unspecified atom stereocenters. The Morgan fingerprint density at radius 1 is 0.950 bits per heavy atom. The molecule has 0 spiro atoms. The summed E-state index contributed by atoms with van der Waals surface area (Å²) in [4.78, 5) is 4.49. The highest BCUT2D eigenvalue weighted by Gasteiger charge is 2.06. The molecule has 0 aliphatic carbocycles. The number of methoxy groups -OCH3 is 2. The zero-order chi connectivity index (χ0) is 14.5. The van der Waals surface area contributed by atoms with Crippen LogP contribution in [0.2, 0.25) is 0 Å². The molecule has 0 aliphatic heterocycles. The van der Waals surface area contributed by atoms with Gasteiger partial charge in [0.15, 0.2) is 0 Å². The molecule has 20 heavy (non-hydrogen) atoms. The van der Waals surface area contributed by atoms with Crippen LogP contribution in [-0.4, -0.2) is 25.0 Å². The molecule has 2 aromatic rings. The van der Waals surface area contributed by atoms with Gasteiger partial charge in [0, 0.05) is 11.3 Å².